The number of aliphatic hydroxyl groups excluding tert-OH is 1. The molecule has 7 heteroatoms. The van der Waals surface area contributed by atoms with Crippen LogP contribution < -0.4 is 4.74 Å². The highest BCUT2D eigenvalue weighted by molar-refractivity contribution is 6.46. The van der Waals surface area contributed by atoms with Gasteiger partial charge in [-0.1, -0.05) is 24.3 Å². The molecule has 1 saturated heterocycles. The largest absolute Gasteiger partial charge is 0.508 e. The van der Waals surface area contributed by atoms with Gasteiger partial charge in [0.15, 0.2) is 0 Å². The minimum Gasteiger partial charge on any atom is -0.508 e. The van der Waals surface area contributed by atoms with E-state index in [1.165, 1.54) is 30.4 Å². The second-order valence-corrected chi connectivity index (χ2v) is 6.83. The number of phenolic OH excluding ortho intramolecular Hbond substituents is 1. The maximum atomic E-state index is 12.9. The number of carbonyl (C=O) groups is 2. The monoisotopic (exact) mass is 405 g/mol. The summed E-state index contributed by atoms with van der Waals surface area (Å²) in [6, 6.07) is 15.3. The fourth-order valence-electron chi connectivity index (χ4n) is 3.54. The molecule has 30 heavy (non-hydrogen) atoms. The Labute approximate surface area is 172 Å². The van der Waals surface area contributed by atoms with Gasteiger partial charge < -0.3 is 24.3 Å². The van der Waals surface area contributed by atoms with Crippen LogP contribution in [-0.4, -0.2) is 33.9 Å². The summed E-state index contributed by atoms with van der Waals surface area (Å²) in [5.74, 6) is -0.775. The summed E-state index contributed by atoms with van der Waals surface area (Å²) in [4.78, 5) is 27.2. The standard InChI is InChI=1S/C23H19NO6/c1-29-17-5-2-4-15(12-17)21(26)19-20(14-7-9-16(25)10-8-14)24(23(28)22(19)27)13-18-6-3-11-30-18/h2-12,20,25-26H,13H2,1H3. The first-order valence-electron chi connectivity index (χ1n) is 9.23. The molecule has 0 radical (unpaired) electrons. The number of hydrogen-bond acceptors (Lipinski definition) is 6. The highest BCUT2D eigenvalue weighted by Gasteiger charge is 2.46. The van der Waals surface area contributed by atoms with Crippen molar-refractivity contribution in [3.63, 3.8) is 0 Å². The molecular formula is C23H19NO6. The van der Waals surface area contributed by atoms with Crippen molar-refractivity contribution < 1.29 is 29.0 Å². The Morgan fingerprint density at radius 2 is 1.87 bits per heavy atom. The average Bonchev–Trinajstić information content (AvgIpc) is 3.36. The number of ketones is 1. The highest BCUT2D eigenvalue weighted by atomic mass is 16.5. The van der Waals surface area contributed by atoms with Crippen molar-refractivity contribution in [1.82, 2.24) is 4.90 Å². The molecule has 2 heterocycles. The smallest absolute Gasteiger partial charge is 0.296 e. The zero-order valence-electron chi connectivity index (χ0n) is 16.1. The van der Waals surface area contributed by atoms with E-state index in [9.17, 15) is 19.8 Å². The lowest BCUT2D eigenvalue weighted by molar-refractivity contribution is -0.140. The molecule has 2 N–H and O–H groups in total. The lowest BCUT2D eigenvalue weighted by atomic mass is 9.95. The molecule has 0 saturated carbocycles. The summed E-state index contributed by atoms with van der Waals surface area (Å²) in [5, 5.41) is 20.7. The van der Waals surface area contributed by atoms with Crippen LogP contribution in [-0.2, 0) is 16.1 Å². The zero-order chi connectivity index (χ0) is 21.3. The van der Waals surface area contributed by atoms with Crippen LogP contribution in [0.4, 0.5) is 0 Å². The normalized spacial score (nSPS) is 18.0. The lowest BCUT2D eigenvalue weighted by Gasteiger charge is -2.24. The first kappa shape index (κ1) is 19.3. The third-order valence-corrected chi connectivity index (χ3v) is 5.00. The lowest BCUT2D eigenvalue weighted by Crippen LogP contribution is -2.29. The quantitative estimate of drug-likeness (QED) is 0.382. The number of rotatable bonds is 5. The fourth-order valence-corrected chi connectivity index (χ4v) is 3.54. The molecule has 1 aromatic heterocycles. The molecular weight excluding hydrogens is 386 g/mol. The highest BCUT2D eigenvalue weighted by Crippen LogP contribution is 2.40. The number of aliphatic hydroxyl groups is 1. The molecule has 4 rings (SSSR count). The Kier molecular flexibility index (Phi) is 5.02. The molecule has 1 fully saturated rings. The molecule has 1 amide bonds. The van der Waals surface area contributed by atoms with Gasteiger partial charge in [-0.15, -0.1) is 0 Å². The minimum absolute atomic E-state index is 0.0366. The van der Waals surface area contributed by atoms with Crippen molar-refractivity contribution in [2.75, 3.05) is 7.11 Å². The summed E-state index contributed by atoms with van der Waals surface area (Å²) in [6.07, 6.45) is 1.48. The maximum Gasteiger partial charge on any atom is 0.296 e. The first-order chi connectivity index (χ1) is 14.5. The second-order valence-electron chi connectivity index (χ2n) is 6.83. The van der Waals surface area contributed by atoms with Crippen LogP contribution in [0.3, 0.4) is 0 Å². The molecule has 1 aliphatic rings. The molecule has 1 aliphatic heterocycles. The number of furan rings is 1. The van der Waals surface area contributed by atoms with Crippen molar-refractivity contribution in [1.29, 1.82) is 0 Å². The first-order valence-corrected chi connectivity index (χ1v) is 9.23. The number of aromatic hydroxyl groups is 1. The number of ether oxygens (including phenoxy) is 1. The molecule has 1 unspecified atom stereocenters. The summed E-state index contributed by atoms with van der Waals surface area (Å²) < 4.78 is 10.5. The van der Waals surface area contributed by atoms with E-state index in [0.717, 1.165) is 0 Å². The third kappa shape index (κ3) is 3.41. The van der Waals surface area contributed by atoms with Crippen LogP contribution in [0.5, 0.6) is 11.5 Å². The van der Waals surface area contributed by atoms with E-state index >= 15 is 0 Å². The topological polar surface area (TPSA) is 100 Å². The Morgan fingerprint density at radius 1 is 1.10 bits per heavy atom. The van der Waals surface area contributed by atoms with Gasteiger partial charge in [-0.2, -0.15) is 0 Å². The third-order valence-electron chi connectivity index (χ3n) is 5.00. The fraction of sp³-hybridized carbons (Fsp3) is 0.130. The van der Waals surface area contributed by atoms with E-state index in [2.05, 4.69) is 0 Å². The Bertz CT molecular complexity index is 1110. The maximum absolute atomic E-state index is 12.9. The van der Waals surface area contributed by atoms with E-state index in [0.29, 0.717) is 22.6 Å². The van der Waals surface area contributed by atoms with E-state index in [4.69, 9.17) is 9.15 Å². The number of Topliss-reactive ketones (excluding diaryl/α,β-unsaturated/α-hetero) is 1. The van der Waals surface area contributed by atoms with Crippen LogP contribution >= 0.6 is 0 Å². The number of amides is 1. The number of likely N-dealkylation sites (tertiary alicyclic amines) is 1. The van der Waals surface area contributed by atoms with Gasteiger partial charge in [-0.05, 0) is 42.0 Å². The van der Waals surface area contributed by atoms with Crippen LogP contribution in [0.25, 0.3) is 5.76 Å². The molecule has 3 aromatic rings. The van der Waals surface area contributed by atoms with Gasteiger partial charge in [0.2, 0.25) is 0 Å². The average molecular weight is 405 g/mol. The van der Waals surface area contributed by atoms with E-state index in [1.54, 1.807) is 48.5 Å². The predicted octanol–water partition coefficient (Wildman–Crippen LogP) is 3.62. The number of phenols is 1. The molecule has 7 nitrogen and oxygen atoms in total. The van der Waals surface area contributed by atoms with Crippen molar-refractivity contribution in [3.8, 4) is 11.5 Å². The Hall–Kier alpha value is -4.00. The van der Waals surface area contributed by atoms with Gasteiger partial charge in [-0.25, -0.2) is 0 Å². The van der Waals surface area contributed by atoms with E-state index in [-0.39, 0.29) is 23.6 Å². The predicted molar refractivity (Wildman–Crippen MR) is 108 cm³/mol. The van der Waals surface area contributed by atoms with Crippen molar-refractivity contribution >= 4 is 17.4 Å². The Balaban J connectivity index is 1.86. The van der Waals surface area contributed by atoms with Gasteiger partial charge in [0.25, 0.3) is 11.7 Å². The van der Waals surface area contributed by atoms with Crippen molar-refractivity contribution in [2.24, 2.45) is 0 Å². The molecule has 1 atom stereocenters. The summed E-state index contributed by atoms with van der Waals surface area (Å²) in [6.45, 7) is 0.0536. The summed E-state index contributed by atoms with van der Waals surface area (Å²) in [5.41, 5.74) is 0.891. The molecule has 0 spiro atoms. The number of nitrogens with zero attached hydrogens (tertiary/aromatic N) is 1. The SMILES string of the molecule is COc1cccc(C(O)=C2C(=O)C(=O)N(Cc3ccco3)C2c2ccc(O)cc2)c1. The van der Waals surface area contributed by atoms with Crippen LogP contribution in [0.15, 0.2) is 76.9 Å². The summed E-state index contributed by atoms with van der Waals surface area (Å²) >= 11 is 0. The van der Waals surface area contributed by atoms with Crippen molar-refractivity contribution in [3.05, 3.63) is 89.4 Å². The van der Waals surface area contributed by atoms with Gasteiger partial charge in [0.1, 0.15) is 23.0 Å². The molecule has 152 valence electrons. The summed E-state index contributed by atoms with van der Waals surface area (Å²) in [7, 11) is 1.50. The van der Waals surface area contributed by atoms with Crippen molar-refractivity contribution in [2.45, 2.75) is 12.6 Å². The number of methoxy groups -OCH3 is 1. The van der Waals surface area contributed by atoms with Crippen LogP contribution in [0.2, 0.25) is 0 Å². The number of hydrogen-bond donors (Lipinski definition) is 2. The van der Waals surface area contributed by atoms with Crippen LogP contribution in [0.1, 0.15) is 22.9 Å². The minimum atomic E-state index is -0.845. The van der Waals surface area contributed by atoms with Gasteiger partial charge in [0, 0.05) is 5.56 Å². The zero-order valence-corrected chi connectivity index (χ0v) is 16.1. The van der Waals surface area contributed by atoms with Gasteiger partial charge >= 0.3 is 0 Å². The van der Waals surface area contributed by atoms with Gasteiger partial charge in [0.05, 0.1) is 31.5 Å². The number of benzene rings is 2. The molecule has 0 bridgehead atoms. The van der Waals surface area contributed by atoms with Gasteiger partial charge in [-0.3, -0.25) is 9.59 Å². The van der Waals surface area contributed by atoms with E-state index in [1.807, 2.05) is 0 Å². The second kappa shape index (κ2) is 7.79. The Morgan fingerprint density at radius 3 is 2.53 bits per heavy atom. The molecule has 0 aliphatic carbocycles. The van der Waals surface area contributed by atoms with E-state index < -0.39 is 17.7 Å². The molecule has 2 aromatic carbocycles. The number of carbonyl (C=O) groups excluding carboxylic acids is 2. The van der Waals surface area contributed by atoms with Crippen LogP contribution in [0, 0.1) is 0 Å².